The Balaban J connectivity index is 0.000000605. The van der Waals surface area contributed by atoms with Crippen molar-refractivity contribution >= 4 is 11.2 Å². The van der Waals surface area contributed by atoms with E-state index in [1.807, 2.05) is 0 Å². The van der Waals surface area contributed by atoms with E-state index in [1.165, 1.54) is 0 Å². The maximum atomic E-state index is 10.6. The quantitative estimate of drug-likeness (QED) is 0.565. The molecule has 0 bridgehead atoms. The van der Waals surface area contributed by atoms with Crippen molar-refractivity contribution in [3.05, 3.63) is 28.8 Å². The highest BCUT2D eigenvalue weighted by Crippen LogP contribution is 1.98. The molecule has 2 aromatic rings. The summed E-state index contributed by atoms with van der Waals surface area (Å²) in [5.41, 5.74) is 1.13. The van der Waals surface area contributed by atoms with E-state index in [4.69, 9.17) is 0 Å². The third-order valence-electron chi connectivity index (χ3n) is 1.29. The Morgan fingerprint density at radius 3 is 3.20 bits per heavy atom. The van der Waals surface area contributed by atoms with Gasteiger partial charge in [0.25, 0.3) is 0 Å². The third kappa shape index (κ3) is 0.621. The topological polar surface area (TPSA) is 61.5 Å². The summed E-state index contributed by atoms with van der Waals surface area (Å²) in [4.78, 5) is 19.7. The first kappa shape index (κ1) is 5.22. The van der Waals surface area contributed by atoms with E-state index in [0.29, 0.717) is 5.65 Å². The lowest BCUT2D eigenvalue weighted by atomic mass is 10.4. The molecule has 0 spiro atoms. The van der Waals surface area contributed by atoms with Gasteiger partial charge in [0.1, 0.15) is 0 Å². The van der Waals surface area contributed by atoms with Crippen molar-refractivity contribution in [1.29, 1.82) is 0 Å². The van der Waals surface area contributed by atoms with Crippen LogP contribution in [0, 0.1) is 0 Å². The number of aromatic nitrogens is 3. The van der Waals surface area contributed by atoms with Gasteiger partial charge in [-0.1, -0.05) is 0 Å². The van der Waals surface area contributed by atoms with Crippen molar-refractivity contribution in [3.8, 4) is 0 Å². The van der Waals surface area contributed by atoms with Crippen LogP contribution in [0.3, 0.4) is 0 Å². The van der Waals surface area contributed by atoms with Gasteiger partial charge in [0.05, 0.1) is 5.52 Å². The minimum absolute atomic E-state index is 0. The smallest absolute Gasteiger partial charge is 0.304 e. The Morgan fingerprint density at radius 2 is 2.40 bits per heavy atom. The van der Waals surface area contributed by atoms with Crippen LogP contribution in [0.4, 0.5) is 0 Å². The zero-order valence-corrected chi connectivity index (χ0v) is 5.09. The lowest BCUT2D eigenvalue weighted by molar-refractivity contribution is 1.20. The Kier molecular flexibility index (Phi) is 0.887. The molecule has 0 aliphatic heterocycles. The molecule has 0 radical (unpaired) electrons. The SMILES string of the molecule is O=c1[nH]c2cccnc2[nH]1.[HH].[HH]. The number of fused-ring (bicyclic) bond motifs is 1. The molecular weight excluding hydrogens is 130 g/mol. The molecule has 0 saturated carbocycles. The normalized spacial score (nSPS) is 10.4. The fourth-order valence-corrected chi connectivity index (χ4v) is 0.867. The first-order valence-corrected chi connectivity index (χ1v) is 2.89. The van der Waals surface area contributed by atoms with E-state index in [1.54, 1.807) is 18.3 Å². The summed E-state index contributed by atoms with van der Waals surface area (Å²) in [6, 6.07) is 3.56. The molecule has 10 heavy (non-hydrogen) atoms. The van der Waals surface area contributed by atoms with Crippen molar-refractivity contribution in [2.24, 2.45) is 0 Å². The zero-order valence-electron chi connectivity index (χ0n) is 5.09. The molecule has 2 N–H and O–H groups in total. The Bertz CT molecular complexity index is 372. The van der Waals surface area contributed by atoms with Gasteiger partial charge >= 0.3 is 5.69 Å². The van der Waals surface area contributed by atoms with E-state index in [0.717, 1.165) is 5.52 Å². The number of aromatic amines is 2. The second-order valence-corrected chi connectivity index (χ2v) is 1.98. The molecule has 4 nitrogen and oxygen atoms in total. The number of rotatable bonds is 0. The maximum Gasteiger partial charge on any atom is 0.325 e. The van der Waals surface area contributed by atoms with Gasteiger partial charge in [-0.25, -0.2) is 9.78 Å². The molecule has 2 heterocycles. The van der Waals surface area contributed by atoms with Crippen LogP contribution in [0.15, 0.2) is 23.1 Å². The monoisotopic (exact) mass is 139 g/mol. The molecule has 0 aromatic carbocycles. The summed E-state index contributed by atoms with van der Waals surface area (Å²) < 4.78 is 0. The number of imidazole rings is 1. The molecule has 0 atom stereocenters. The minimum atomic E-state index is -0.214. The van der Waals surface area contributed by atoms with E-state index >= 15 is 0 Å². The lowest BCUT2D eigenvalue weighted by Gasteiger charge is -1.81. The number of pyridine rings is 1. The van der Waals surface area contributed by atoms with Crippen LogP contribution in [0.25, 0.3) is 11.2 Å². The predicted octanol–water partition coefficient (Wildman–Crippen LogP) is 0.743. The highest BCUT2D eigenvalue weighted by Gasteiger charge is 1.93. The summed E-state index contributed by atoms with van der Waals surface area (Å²) in [5, 5.41) is 0. The van der Waals surface area contributed by atoms with Crippen molar-refractivity contribution < 1.29 is 2.85 Å². The van der Waals surface area contributed by atoms with Crippen molar-refractivity contribution in [2.75, 3.05) is 0 Å². The number of H-pyrrole nitrogens is 2. The summed E-state index contributed by atoms with van der Waals surface area (Å²) in [6.07, 6.45) is 1.63. The number of nitrogens with one attached hydrogen (secondary N) is 2. The lowest BCUT2D eigenvalue weighted by Crippen LogP contribution is -1.99. The Hall–Kier alpha value is -1.58. The first-order chi connectivity index (χ1) is 4.86. The Morgan fingerprint density at radius 1 is 1.50 bits per heavy atom. The zero-order chi connectivity index (χ0) is 6.97. The fourth-order valence-electron chi connectivity index (χ4n) is 0.867. The molecule has 0 saturated heterocycles. The molecule has 0 aliphatic carbocycles. The van der Waals surface area contributed by atoms with Gasteiger partial charge in [-0.15, -0.1) is 0 Å². The van der Waals surface area contributed by atoms with Crippen molar-refractivity contribution in [2.45, 2.75) is 0 Å². The minimum Gasteiger partial charge on any atom is -0.304 e. The molecule has 0 aliphatic rings. The van der Waals surface area contributed by atoms with Crippen LogP contribution in [0.2, 0.25) is 0 Å². The van der Waals surface area contributed by atoms with E-state index in [2.05, 4.69) is 15.0 Å². The summed E-state index contributed by atoms with van der Waals surface area (Å²) in [5.74, 6) is 0. The predicted molar refractivity (Wildman–Crippen MR) is 40.9 cm³/mol. The van der Waals surface area contributed by atoms with Crippen LogP contribution in [-0.4, -0.2) is 15.0 Å². The van der Waals surface area contributed by atoms with E-state index in [9.17, 15) is 4.79 Å². The fraction of sp³-hybridized carbons (Fsp3) is 0. The summed E-state index contributed by atoms with van der Waals surface area (Å²) in [6.45, 7) is 0. The first-order valence-electron chi connectivity index (χ1n) is 2.89. The van der Waals surface area contributed by atoms with Crippen LogP contribution >= 0.6 is 0 Å². The van der Waals surface area contributed by atoms with E-state index in [-0.39, 0.29) is 8.54 Å². The van der Waals surface area contributed by atoms with Gasteiger partial charge in [0.15, 0.2) is 5.65 Å². The summed E-state index contributed by atoms with van der Waals surface area (Å²) in [7, 11) is 0. The van der Waals surface area contributed by atoms with Crippen LogP contribution in [0.1, 0.15) is 2.85 Å². The van der Waals surface area contributed by atoms with Crippen molar-refractivity contribution in [3.63, 3.8) is 0 Å². The highest BCUT2D eigenvalue weighted by molar-refractivity contribution is 5.68. The standard InChI is InChI=1S/C6H5N3O.2H2/c10-6-8-4-2-1-3-7-5(4)9-6;;/h1-3H,(H2,7,8,9,10);2*1H. The largest absolute Gasteiger partial charge is 0.325 e. The molecule has 0 unspecified atom stereocenters. The van der Waals surface area contributed by atoms with Gasteiger partial charge in [-0.3, -0.25) is 4.98 Å². The van der Waals surface area contributed by atoms with Gasteiger partial charge < -0.3 is 4.98 Å². The van der Waals surface area contributed by atoms with Crippen LogP contribution in [-0.2, 0) is 0 Å². The second kappa shape index (κ2) is 1.70. The molecule has 0 fully saturated rings. The molecular formula is C6H9N3O. The molecule has 4 heteroatoms. The third-order valence-corrected chi connectivity index (χ3v) is 1.29. The molecule has 54 valence electrons. The van der Waals surface area contributed by atoms with Crippen LogP contribution < -0.4 is 5.69 Å². The number of nitrogens with zero attached hydrogens (tertiary/aromatic N) is 1. The average molecular weight is 139 g/mol. The van der Waals surface area contributed by atoms with Gasteiger partial charge in [0.2, 0.25) is 0 Å². The van der Waals surface area contributed by atoms with Crippen molar-refractivity contribution in [1.82, 2.24) is 15.0 Å². The molecule has 2 rings (SSSR count). The van der Waals surface area contributed by atoms with E-state index < -0.39 is 0 Å². The molecule has 2 aromatic heterocycles. The summed E-state index contributed by atoms with van der Waals surface area (Å²) >= 11 is 0. The van der Waals surface area contributed by atoms with Gasteiger partial charge in [-0.2, -0.15) is 0 Å². The molecule has 0 amide bonds. The second-order valence-electron chi connectivity index (χ2n) is 1.98. The maximum absolute atomic E-state index is 10.6. The van der Waals surface area contributed by atoms with Gasteiger partial charge in [-0.05, 0) is 12.1 Å². The van der Waals surface area contributed by atoms with Crippen LogP contribution in [0.5, 0.6) is 0 Å². The van der Waals surface area contributed by atoms with Gasteiger partial charge in [0, 0.05) is 9.05 Å². The Labute approximate surface area is 58.9 Å². The average Bonchev–Trinajstić information content (AvgIpc) is 2.27. The highest BCUT2D eigenvalue weighted by atomic mass is 16.1. The number of hydrogen-bond donors (Lipinski definition) is 2. The number of hydrogen-bond acceptors (Lipinski definition) is 2.